The van der Waals surface area contributed by atoms with Crippen LogP contribution in [0.3, 0.4) is 0 Å². The quantitative estimate of drug-likeness (QED) is 0.330. The third-order valence-corrected chi connectivity index (χ3v) is 9.14. The van der Waals surface area contributed by atoms with Crippen molar-refractivity contribution in [3.05, 3.63) is 56.1 Å². The molecule has 6 rings (SSSR count). The van der Waals surface area contributed by atoms with Crippen LogP contribution in [0.5, 0.6) is 0 Å². The van der Waals surface area contributed by atoms with Crippen molar-refractivity contribution in [2.24, 2.45) is 5.73 Å². The normalized spacial score (nSPS) is 21.1. The molecule has 0 unspecified atom stereocenters. The van der Waals surface area contributed by atoms with Gasteiger partial charge in [-0.25, -0.2) is 14.2 Å². The number of nitrogens with two attached hydrogens (primary N) is 1. The first-order chi connectivity index (χ1) is 18.2. The van der Waals surface area contributed by atoms with Gasteiger partial charge in [0.2, 0.25) is 5.91 Å². The van der Waals surface area contributed by atoms with Crippen molar-refractivity contribution in [3.8, 4) is 11.4 Å². The van der Waals surface area contributed by atoms with Crippen molar-refractivity contribution in [2.45, 2.75) is 62.8 Å². The van der Waals surface area contributed by atoms with Crippen molar-refractivity contribution >= 4 is 34.5 Å². The van der Waals surface area contributed by atoms with Gasteiger partial charge in [0.25, 0.3) is 5.56 Å². The van der Waals surface area contributed by atoms with Gasteiger partial charge in [0.05, 0.1) is 35.1 Å². The van der Waals surface area contributed by atoms with E-state index in [-0.39, 0.29) is 54.0 Å². The molecule has 2 atom stereocenters. The number of cyclic esters (lactones) is 1. The summed E-state index contributed by atoms with van der Waals surface area (Å²) in [7, 11) is 0. The summed E-state index contributed by atoms with van der Waals surface area (Å²) in [6.07, 6.45) is 0.885. The van der Waals surface area contributed by atoms with Gasteiger partial charge in [0, 0.05) is 39.6 Å². The fourth-order valence-corrected chi connectivity index (χ4v) is 7.02. The zero-order valence-electron chi connectivity index (χ0n) is 21.0. The molecule has 38 heavy (non-hydrogen) atoms. The number of carbonyl (C=O) groups excluding carboxylic acids is 2. The van der Waals surface area contributed by atoms with Crippen LogP contribution >= 0.6 is 11.8 Å². The number of benzene rings is 1. The molecule has 198 valence electrons. The predicted molar refractivity (Wildman–Crippen MR) is 139 cm³/mol. The molecule has 0 fully saturated rings. The van der Waals surface area contributed by atoms with Crippen LogP contribution in [0.4, 0.5) is 4.39 Å². The summed E-state index contributed by atoms with van der Waals surface area (Å²) in [5, 5.41) is 15.0. The molecular weight excluding hydrogens is 511 g/mol. The Morgan fingerprint density at radius 3 is 2.89 bits per heavy atom. The van der Waals surface area contributed by atoms with Crippen LogP contribution < -0.4 is 16.6 Å². The molecule has 5 heterocycles. The van der Waals surface area contributed by atoms with Crippen LogP contribution in [0, 0.1) is 12.7 Å². The molecule has 3 aromatic rings. The van der Waals surface area contributed by atoms with Crippen LogP contribution in [-0.4, -0.2) is 38.8 Å². The van der Waals surface area contributed by atoms with Gasteiger partial charge in [0.15, 0.2) is 5.60 Å². The highest BCUT2D eigenvalue weighted by Crippen LogP contribution is 2.48. The number of amides is 1. The number of hydrogen-bond acceptors (Lipinski definition) is 8. The summed E-state index contributed by atoms with van der Waals surface area (Å²) in [6.45, 7) is 3.75. The summed E-state index contributed by atoms with van der Waals surface area (Å²) in [5.41, 5.74) is 7.17. The van der Waals surface area contributed by atoms with E-state index < -0.39 is 11.6 Å². The number of aliphatic hydroxyl groups is 1. The van der Waals surface area contributed by atoms with Crippen molar-refractivity contribution in [3.63, 3.8) is 0 Å². The molecule has 0 aliphatic carbocycles. The molecule has 0 radical (unpaired) electrons. The summed E-state index contributed by atoms with van der Waals surface area (Å²) >= 11 is 1.48. The van der Waals surface area contributed by atoms with E-state index in [0.717, 1.165) is 21.4 Å². The Morgan fingerprint density at radius 1 is 1.37 bits per heavy atom. The van der Waals surface area contributed by atoms with Crippen molar-refractivity contribution in [2.75, 3.05) is 12.3 Å². The molecule has 0 spiro atoms. The van der Waals surface area contributed by atoms with Gasteiger partial charge in [-0.2, -0.15) is 0 Å². The first kappa shape index (κ1) is 25.0. The lowest BCUT2D eigenvalue weighted by Gasteiger charge is -2.31. The SMILES string of the molecule is CC[C@@]1(O)C(=O)OCc2c1cc1n(c2=O)Cc2c-1nc1cc(F)c(C)c3c1c2[C@H](NC(=O)CCCN)CS3. The van der Waals surface area contributed by atoms with E-state index in [4.69, 9.17) is 15.5 Å². The number of aromatic nitrogens is 2. The number of rotatable bonds is 5. The average Bonchev–Trinajstić information content (AvgIpc) is 3.27. The number of esters is 1. The fourth-order valence-electron chi connectivity index (χ4n) is 5.77. The monoisotopic (exact) mass is 538 g/mol. The Balaban J connectivity index is 1.60. The predicted octanol–water partition coefficient (Wildman–Crippen LogP) is 2.53. The highest BCUT2D eigenvalue weighted by molar-refractivity contribution is 7.99. The lowest BCUT2D eigenvalue weighted by Crippen LogP contribution is -2.44. The lowest BCUT2D eigenvalue weighted by molar-refractivity contribution is -0.172. The second kappa shape index (κ2) is 8.89. The van der Waals surface area contributed by atoms with E-state index in [1.807, 2.05) is 0 Å². The zero-order valence-corrected chi connectivity index (χ0v) is 21.8. The Kier molecular flexibility index (Phi) is 5.85. The number of halogens is 1. The summed E-state index contributed by atoms with van der Waals surface area (Å²) in [4.78, 5) is 44.4. The Hall–Kier alpha value is -3.28. The van der Waals surface area contributed by atoms with Gasteiger partial charge in [-0.15, -0.1) is 11.8 Å². The largest absolute Gasteiger partial charge is 0.458 e. The topological polar surface area (TPSA) is 137 Å². The smallest absolute Gasteiger partial charge is 0.343 e. The fraction of sp³-hybridized carbons (Fsp3) is 0.407. The third-order valence-electron chi connectivity index (χ3n) is 7.85. The molecule has 3 aliphatic rings. The summed E-state index contributed by atoms with van der Waals surface area (Å²) in [6, 6.07) is 2.64. The maximum atomic E-state index is 15.0. The number of pyridine rings is 2. The minimum absolute atomic E-state index is 0.0347. The number of nitrogens with zero attached hydrogens (tertiary/aromatic N) is 2. The highest BCUT2D eigenvalue weighted by Gasteiger charge is 2.46. The van der Waals surface area contributed by atoms with Crippen LogP contribution in [0.1, 0.15) is 60.0 Å². The van der Waals surface area contributed by atoms with E-state index >= 15 is 0 Å². The zero-order chi connectivity index (χ0) is 26.9. The standard InChI is InChI=1S/C27H27FN4O5S/c1-3-27(36)15-7-19-23-13(9-32(19)25(34)14(15)10-37-26(27)35)21-18(30-20(33)5-4-6-29)11-38-24-12(2)16(28)8-17(31-23)22(21)24/h7-8,18,36H,3-6,9-11,29H2,1-2H3,(H,30,33)/t18-,27+/m1/s1. The van der Waals surface area contributed by atoms with Gasteiger partial charge >= 0.3 is 5.97 Å². The Bertz CT molecular complexity index is 1620. The Labute approximate surface area is 221 Å². The first-order valence-corrected chi connectivity index (χ1v) is 13.6. The molecule has 3 aliphatic heterocycles. The number of fused-ring (bicyclic) bond motifs is 5. The van der Waals surface area contributed by atoms with Gasteiger partial charge in [-0.05, 0) is 43.5 Å². The molecule has 0 saturated heterocycles. The van der Waals surface area contributed by atoms with Gasteiger partial charge in [-0.3, -0.25) is 9.59 Å². The van der Waals surface area contributed by atoms with Crippen molar-refractivity contribution in [1.29, 1.82) is 0 Å². The van der Waals surface area contributed by atoms with E-state index in [2.05, 4.69) is 5.32 Å². The minimum Gasteiger partial charge on any atom is -0.458 e. The highest BCUT2D eigenvalue weighted by atomic mass is 32.2. The van der Waals surface area contributed by atoms with E-state index in [0.29, 0.717) is 47.6 Å². The van der Waals surface area contributed by atoms with Crippen molar-refractivity contribution < 1.29 is 23.8 Å². The second-order valence-electron chi connectivity index (χ2n) is 9.99. The molecule has 11 heteroatoms. The molecule has 4 N–H and O–H groups in total. The molecule has 1 amide bonds. The van der Waals surface area contributed by atoms with Gasteiger partial charge in [-0.1, -0.05) is 6.92 Å². The first-order valence-electron chi connectivity index (χ1n) is 12.6. The van der Waals surface area contributed by atoms with Gasteiger partial charge < -0.3 is 25.5 Å². The summed E-state index contributed by atoms with van der Waals surface area (Å²) in [5.74, 6) is -0.811. The number of thioether (sulfide) groups is 1. The number of hydrogen-bond donors (Lipinski definition) is 3. The third kappa shape index (κ3) is 3.45. The maximum Gasteiger partial charge on any atom is 0.343 e. The minimum atomic E-state index is -1.94. The molecule has 9 nitrogen and oxygen atoms in total. The van der Waals surface area contributed by atoms with Crippen molar-refractivity contribution in [1.82, 2.24) is 14.9 Å². The molecular formula is C27H27FN4O5S. The van der Waals surface area contributed by atoms with E-state index in [1.165, 1.54) is 17.8 Å². The number of nitrogens with one attached hydrogen (secondary N) is 1. The van der Waals surface area contributed by atoms with Crippen LogP contribution in [0.25, 0.3) is 22.3 Å². The molecule has 0 bridgehead atoms. The second-order valence-corrected chi connectivity index (χ2v) is 11.0. The molecule has 1 aromatic carbocycles. The van der Waals surface area contributed by atoms with E-state index in [1.54, 1.807) is 24.5 Å². The lowest BCUT2D eigenvalue weighted by atomic mass is 9.86. The molecule has 0 saturated carbocycles. The van der Waals surface area contributed by atoms with Crippen LogP contribution in [-0.2, 0) is 33.1 Å². The number of carbonyl (C=O) groups is 2. The Morgan fingerprint density at radius 2 is 2.16 bits per heavy atom. The average molecular weight is 539 g/mol. The summed E-state index contributed by atoms with van der Waals surface area (Å²) < 4.78 is 21.7. The maximum absolute atomic E-state index is 15.0. The number of ether oxygens (including phenoxy) is 1. The van der Waals surface area contributed by atoms with E-state index in [9.17, 15) is 23.9 Å². The van der Waals surface area contributed by atoms with Crippen LogP contribution in [0.15, 0.2) is 21.8 Å². The molecule has 2 aromatic heterocycles. The van der Waals surface area contributed by atoms with Gasteiger partial charge in [0.1, 0.15) is 12.4 Å². The van der Waals surface area contributed by atoms with Crippen LogP contribution in [0.2, 0.25) is 0 Å².